The highest BCUT2D eigenvalue weighted by Crippen LogP contribution is 2.46. The Morgan fingerprint density at radius 1 is 1.39 bits per heavy atom. The van der Waals surface area contributed by atoms with Gasteiger partial charge in [-0.15, -0.1) is 0 Å². The smallest absolute Gasteiger partial charge is 0.113 e. The number of rotatable bonds is 1. The van der Waals surface area contributed by atoms with Crippen LogP contribution in [0, 0.1) is 0 Å². The van der Waals surface area contributed by atoms with Crippen LogP contribution >= 0.6 is 0 Å². The van der Waals surface area contributed by atoms with Crippen molar-refractivity contribution in [2.24, 2.45) is 4.99 Å². The molecule has 0 N–H and O–H groups in total. The topological polar surface area (TPSA) is 25.2 Å². The molecule has 1 aliphatic carbocycles. The Morgan fingerprint density at radius 3 is 3.00 bits per heavy atom. The molecule has 0 saturated heterocycles. The zero-order valence-corrected chi connectivity index (χ0v) is 11.4. The van der Waals surface area contributed by atoms with Crippen molar-refractivity contribution in [3.05, 3.63) is 41.2 Å². The van der Waals surface area contributed by atoms with E-state index >= 15 is 0 Å². The second-order valence-corrected chi connectivity index (χ2v) is 5.93. The molecule has 94 valence electrons. The van der Waals surface area contributed by atoms with Crippen molar-refractivity contribution >= 4 is 5.71 Å². The van der Waals surface area contributed by atoms with Gasteiger partial charge in [-0.3, -0.25) is 9.98 Å². The zero-order chi connectivity index (χ0) is 12.8. The highest BCUT2D eigenvalue weighted by atomic mass is 14.9. The second-order valence-electron chi connectivity index (χ2n) is 5.93. The first-order chi connectivity index (χ1) is 8.62. The normalized spacial score (nSPS) is 24.7. The van der Waals surface area contributed by atoms with Gasteiger partial charge < -0.3 is 0 Å². The number of pyridine rings is 1. The lowest BCUT2D eigenvalue weighted by Crippen LogP contribution is -2.30. The summed E-state index contributed by atoms with van der Waals surface area (Å²) in [5, 5.41) is 0. The van der Waals surface area contributed by atoms with Crippen molar-refractivity contribution in [1.82, 2.24) is 4.98 Å². The Kier molecular flexibility index (Phi) is 2.61. The van der Waals surface area contributed by atoms with Gasteiger partial charge in [-0.25, -0.2) is 0 Å². The van der Waals surface area contributed by atoms with E-state index in [1.807, 2.05) is 12.3 Å². The summed E-state index contributed by atoms with van der Waals surface area (Å²) in [5.74, 6) is 0. The Balaban J connectivity index is 2.14. The summed E-state index contributed by atoms with van der Waals surface area (Å²) in [6, 6.07) is 4.45. The van der Waals surface area contributed by atoms with E-state index in [9.17, 15) is 0 Å². The number of fused-ring (bicyclic) bond motifs is 3. The largest absolute Gasteiger partial charge is 0.280 e. The average molecular weight is 240 g/mol. The van der Waals surface area contributed by atoms with Crippen molar-refractivity contribution < 1.29 is 0 Å². The van der Waals surface area contributed by atoms with Crippen LogP contribution in [0.4, 0.5) is 0 Å². The van der Waals surface area contributed by atoms with Crippen LogP contribution in [0.2, 0.25) is 0 Å². The van der Waals surface area contributed by atoms with Crippen molar-refractivity contribution in [3.8, 4) is 0 Å². The van der Waals surface area contributed by atoms with Gasteiger partial charge in [0.1, 0.15) is 6.04 Å². The third-order valence-electron chi connectivity index (χ3n) is 4.14. The zero-order valence-electron chi connectivity index (χ0n) is 11.4. The molecule has 1 atom stereocenters. The monoisotopic (exact) mass is 240 g/mol. The average Bonchev–Trinajstić information content (AvgIpc) is 2.38. The minimum atomic E-state index is 0.186. The third-order valence-corrected chi connectivity index (χ3v) is 4.14. The van der Waals surface area contributed by atoms with Gasteiger partial charge in [0.25, 0.3) is 0 Å². The summed E-state index contributed by atoms with van der Waals surface area (Å²) in [6.45, 7) is 6.80. The van der Waals surface area contributed by atoms with Gasteiger partial charge in [0.05, 0.1) is 5.69 Å². The third kappa shape index (κ3) is 1.71. The molecule has 2 heteroatoms. The van der Waals surface area contributed by atoms with E-state index in [1.54, 1.807) is 0 Å². The molecule has 0 radical (unpaired) electrons. The molecule has 0 saturated carbocycles. The fourth-order valence-corrected chi connectivity index (χ4v) is 3.13. The first-order valence-electron chi connectivity index (χ1n) is 6.81. The number of dihydropyridines is 1. The maximum Gasteiger partial charge on any atom is 0.113 e. The molecule has 0 amide bonds. The fourth-order valence-electron chi connectivity index (χ4n) is 3.13. The van der Waals surface area contributed by atoms with Crippen molar-refractivity contribution in [1.29, 1.82) is 0 Å². The van der Waals surface area contributed by atoms with E-state index in [0.717, 1.165) is 19.3 Å². The van der Waals surface area contributed by atoms with E-state index in [4.69, 9.17) is 4.99 Å². The first kappa shape index (κ1) is 11.6. The molecular weight excluding hydrogens is 220 g/mol. The van der Waals surface area contributed by atoms with Crippen LogP contribution in [0.3, 0.4) is 0 Å². The van der Waals surface area contributed by atoms with E-state index in [2.05, 4.69) is 37.9 Å². The molecule has 1 aliphatic heterocycles. The summed E-state index contributed by atoms with van der Waals surface area (Å²) in [7, 11) is 0. The van der Waals surface area contributed by atoms with Crippen molar-refractivity contribution in [2.75, 3.05) is 0 Å². The highest BCUT2D eigenvalue weighted by molar-refractivity contribution is 5.87. The molecule has 2 aliphatic rings. The molecule has 1 aromatic heterocycles. The Labute approximate surface area is 109 Å². The minimum Gasteiger partial charge on any atom is -0.280 e. The van der Waals surface area contributed by atoms with Crippen molar-refractivity contribution in [2.45, 2.75) is 51.5 Å². The summed E-state index contributed by atoms with van der Waals surface area (Å²) >= 11 is 0. The van der Waals surface area contributed by atoms with E-state index in [1.165, 1.54) is 22.5 Å². The fraction of sp³-hybridized carbons (Fsp3) is 0.500. The van der Waals surface area contributed by atoms with Crippen LogP contribution < -0.4 is 0 Å². The highest BCUT2D eigenvalue weighted by Gasteiger charge is 2.37. The van der Waals surface area contributed by atoms with Crippen LogP contribution in [-0.4, -0.2) is 10.7 Å². The van der Waals surface area contributed by atoms with Crippen LogP contribution in [-0.2, 0) is 5.41 Å². The lowest BCUT2D eigenvalue weighted by Gasteiger charge is -2.38. The van der Waals surface area contributed by atoms with E-state index in [-0.39, 0.29) is 11.5 Å². The summed E-state index contributed by atoms with van der Waals surface area (Å²) in [4.78, 5) is 9.54. The number of hydrogen-bond acceptors (Lipinski definition) is 2. The predicted molar refractivity (Wildman–Crippen MR) is 75.0 cm³/mol. The lowest BCUT2D eigenvalue weighted by atomic mass is 9.70. The molecule has 2 heterocycles. The molecule has 2 nitrogen and oxygen atoms in total. The van der Waals surface area contributed by atoms with Gasteiger partial charge in [-0.2, -0.15) is 0 Å². The van der Waals surface area contributed by atoms with Gasteiger partial charge >= 0.3 is 0 Å². The molecular formula is C16H20N2. The van der Waals surface area contributed by atoms with Crippen molar-refractivity contribution in [3.63, 3.8) is 0 Å². The van der Waals surface area contributed by atoms with Gasteiger partial charge in [0.15, 0.2) is 0 Å². The van der Waals surface area contributed by atoms with Gasteiger partial charge in [0.2, 0.25) is 0 Å². The van der Waals surface area contributed by atoms with Gasteiger partial charge in [0, 0.05) is 18.3 Å². The summed E-state index contributed by atoms with van der Waals surface area (Å²) in [6.07, 6.45) is 7.47. The molecule has 1 unspecified atom stereocenters. The van der Waals surface area contributed by atoms with E-state index < -0.39 is 0 Å². The van der Waals surface area contributed by atoms with Crippen LogP contribution in [0.1, 0.15) is 57.3 Å². The predicted octanol–water partition coefficient (Wildman–Crippen LogP) is 3.99. The maximum atomic E-state index is 4.92. The molecule has 0 bridgehead atoms. The number of nitrogens with zero attached hydrogens (tertiary/aromatic N) is 2. The molecule has 18 heavy (non-hydrogen) atoms. The SMILES string of the molecule is CCC1=NC2C(=CC1)CC(C)(C)c1cccnc12. The number of hydrogen-bond donors (Lipinski definition) is 0. The van der Waals surface area contributed by atoms with Gasteiger partial charge in [-0.1, -0.05) is 32.9 Å². The first-order valence-corrected chi connectivity index (χ1v) is 6.81. The minimum absolute atomic E-state index is 0.186. The molecule has 0 aromatic carbocycles. The quantitative estimate of drug-likeness (QED) is 0.681. The van der Waals surface area contributed by atoms with Crippen LogP contribution in [0.5, 0.6) is 0 Å². The Bertz CT molecular complexity index is 538. The van der Waals surface area contributed by atoms with Gasteiger partial charge in [-0.05, 0) is 35.5 Å². The molecule has 0 spiro atoms. The standard InChI is InChI=1S/C16H20N2/c1-4-12-8-7-11-10-16(2,3)13-6-5-9-17-15(13)14(11)18-12/h5-7,9,14H,4,8,10H2,1-3H3. The van der Waals surface area contributed by atoms with Crippen LogP contribution in [0.25, 0.3) is 0 Å². The number of aliphatic imine (C=N–C) groups is 1. The maximum absolute atomic E-state index is 4.92. The van der Waals surface area contributed by atoms with E-state index in [0.29, 0.717) is 0 Å². The molecule has 0 fully saturated rings. The number of allylic oxidation sites excluding steroid dienone is 1. The Morgan fingerprint density at radius 2 is 2.22 bits per heavy atom. The van der Waals surface area contributed by atoms with Crippen LogP contribution in [0.15, 0.2) is 35.0 Å². The summed E-state index contributed by atoms with van der Waals surface area (Å²) < 4.78 is 0. The Hall–Kier alpha value is -1.44. The number of aromatic nitrogens is 1. The second kappa shape index (κ2) is 4.04. The molecule has 3 rings (SSSR count). The molecule has 1 aromatic rings. The summed E-state index contributed by atoms with van der Waals surface area (Å²) in [5.41, 5.74) is 5.49. The lowest BCUT2D eigenvalue weighted by molar-refractivity contribution is 0.459.